The minimum atomic E-state index is 0.306. The first-order chi connectivity index (χ1) is 17.2. The molecular weight excluding hydrogens is 495 g/mol. The first kappa shape index (κ1) is 20.5. The van der Waals surface area contributed by atoms with Crippen molar-refractivity contribution in [1.82, 2.24) is 4.57 Å². The summed E-state index contributed by atoms with van der Waals surface area (Å²) in [5, 5.41) is 6.18. The summed E-state index contributed by atoms with van der Waals surface area (Å²) in [5.41, 5.74) is 5.71. The molecule has 7 rings (SSSR count). The van der Waals surface area contributed by atoms with Gasteiger partial charge in [-0.15, -0.1) is 0 Å². The zero-order chi connectivity index (χ0) is 23.5. The second kappa shape index (κ2) is 7.84. The predicted molar refractivity (Wildman–Crippen MR) is 146 cm³/mol. The summed E-state index contributed by atoms with van der Waals surface area (Å²) in [6.07, 6.45) is 2.15. The quantitative estimate of drug-likeness (QED) is 0.192. The Balaban J connectivity index is 1.50. The van der Waals surface area contributed by atoms with Crippen LogP contribution in [0.25, 0.3) is 60.7 Å². The van der Waals surface area contributed by atoms with Crippen molar-refractivity contribution >= 4 is 63.0 Å². The van der Waals surface area contributed by atoms with Gasteiger partial charge in [-0.05, 0) is 0 Å². The zero-order valence-corrected chi connectivity index (χ0v) is 21.2. The Bertz CT molecular complexity index is 1860. The van der Waals surface area contributed by atoms with Crippen LogP contribution in [-0.4, -0.2) is 19.5 Å². The molecule has 0 amide bonds. The number of nitrogens with zero attached hydrogens (tertiary/aromatic N) is 2. The minimum absolute atomic E-state index is 0.306. The summed E-state index contributed by atoms with van der Waals surface area (Å²) >= 11 is 0.306. The number of fused-ring (bicyclic) bond motifs is 5. The van der Waals surface area contributed by atoms with Crippen LogP contribution >= 0.6 is 0 Å². The fraction of sp³-hybridized carbons (Fsp3) is 0.0645. The van der Waals surface area contributed by atoms with Gasteiger partial charge in [-0.2, -0.15) is 0 Å². The second-order valence-electron chi connectivity index (χ2n) is 8.88. The molecule has 0 bridgehead atoms. The van der Waals surface area contributed by atoms with Crippen molar-refractivity contribution < 1.29 is 8.98 Å². The summed E-state index contributed by atoms with van der Waals surface area (Å²) in [6.45, 7) is 0. The average Bonchev–Trinajstić information content (AvgIpc) is 3.44. The molecule has 0 aliphatic rings. The van der Waals surface area contributed by atoms with Gasteiger partial charge in [0.15, 0.2) is 0 Å². The van der Waals surface area contributed by atoms with E-state index in [0.717, 1.165) is 17.0 Å². The van der Waals surface area contributed by atoms with E-state index in [9.17, 15) is 0 Å². The van der Waals surface area contributed by atoms with Crippen molar-refractivity contribution in [3.8, 4) is 17.1 Å². The second-order valence-corrected chi connectivity index (χ2v) is 10.6. The molecule has 0 saturated heterocycles. The van der Waals surface area contributed by atoms with E-state index in [1.54, 1.807) is 0 Å². The summed E-state index contributed by atoms with van der Waals surface area (Å²) in [4.78, 5) is 0. The summed E-state index contributed by atoms with van der Waals surface area (Å²) in [7, 11) is 2.11. The van der Waals surface area contributed by atoms with Gasteiger partial charge in [-0.3, -0.25) is 0 Å². The number of furan rings is 1. The topological polar surface area (TPSA) is 21.9 Å². The first-order valence-electron chi connectivity index (χ1n) is 11.7. The normalized spacial score (nSPS) is 11.8. The summed E-state index contributed by atoms with van der Waals surface area (Å²) in [6, 6.07) is 34.7. The maximum atomic E-state index is 6.47. The molecule has 168 valence electrons. The molecule has 0 aliphatic carbocycles. The number of hydrogen-bond acceptors (Lipinski definition) is 1. The molecule has 4 aromatic carbocycles. The van der Waals surface area contributed by atoms with Gasteiger partial charge in [0.05, 0.1) is 0 Å². The molecule has 0 aliphatic heterocycles. The molecule has 0 unspecified atom stereocenters. The molecule has 0 saturated carbocycles. The number of hydrogen-bond donors (Lipinski definition) is 0. The van der Waals surface area contributed by atoms with Gasteiger partial charge in [-0.1, -0.05) is 0 Å². The fourth-order valence-corrected chi connectivity index (χ4v) is 6.86. The van der Waals surface area contributed by atoms with E-state index in [1.807, 2.05) is 6.07 Å². The van der Waals surface area contributed by atoms with Gasteiger partial charge >= 0.3 is 210 Å². The monoisotopic (exact) mass is 519 g/mol. The molecular formula is C31H23N2OSe+. The van der Waals surface area contributed by atoms with Crippen LogP contribution in [0.4, 0.5) is 0 Å². The molecule has 35 heavy (non-hydrogen) atoms. The Hall–Kier alpha value is -3.85. The Labute approximate surface area is 209 Å². The molecule has 0 fully saturated rings. The van der Waals surface area contributed by atoms with E-state index in [-0.39, 0.29) is 0 Å². The van der Waals surface area contributed by atoms with Crippen molar-refractivity contribution in [3.63, 3.8) is 0 Å². The van der Waals surface area contributed by atoms with E-state index in [1.165, 1.54) is 48.1 Å². The Morgan fingerprint density at radius 1 is 0.714 bits per heavy atom. The van der Waals surface area contributed by atoms with Crippen LogP contribution in [0.1, 0.15) is 0 Å². The summed E-state index contributed by atoms with van der Waals surface area (Å²) < 4.78 is 12.4. The molecule has 0 radical (unpaired) electrons. The Morgan fingerprint density at radius 3 is 2.09 bits per heavy atom. The van der Waals surface area contributed by atoms with Gasteiger partial charge in [0.2, 0.25) is 0 Å². The van der Waals surface area contributed by atoms with Crippen molar-refractivity contribution in [2.75, 3.05) is 0 Å². The molecule has 3 aromatic heterocycles. The third-order valence-corrected chi connectivity index (χ3v) is 8.63. The third kappa shape index (κ3) is 3.01. The number of aryl methyl sites for hydroxylation is 1. The fourth-order valence-electron chi connectivity index (χ4n) is 5.36. The van der Waals surface area contributed by atoms with E-state index in [4.69, 9.17) is 4.42 Å². The molecule has 3 heterocycles. The molecule has 3 nitrogen and oxygen atoms in total. The van der Waals surface area contributed by atoms with Crippen LogP contribution in [0, 0.1) is 0 Å². The van der Waals surface area contributed by atoms with Crippen LogP contribution in [0.5, 0.6) is 0 Å². The number of aromatic nitrogens is 2. The molecule has 7 aromatic rings. The Kier molecular flexibility index (Phi) is 4.60. The van der Waals surface area contributed by atoms with Crippen LogP contribution < -0.4 is 9.03 Å². The van der Waals surface area contributed by atoms with E-state index in [0.29, 0.717) is 15.0 Å². The molecule has 0 atom stereocenters. The van der Waals surface area contributed by atoms with Crippen LogP contribution in [0.3, 0.4) is 0 Å². The van der Waals surface area contributed by atoms with Gasteiger partial charge < -0.3 is 0 Å². The van der Waals surface area contributed by atoms with E-state index < -0.39 is 0 Å². The average molecular weight is 518 g/mol. The van der Waals surface area contributed by atoms with Crippen molar-refractivity contribution in [1.29, 1.82) is 0 Å². The molecule has 0 N–H and O–H groups in total. The van der Waals surface area contributed by atoms with Crippen LogP contribution in [0.2, 0.25) is 5.82 Å². The van der Waals surface area contributed by atoms with Crippen molar-refractivity contribution in [2.24, 2.45) is 7.05 Å². The summed E-state index contributed by atoms with van der Waals surface area (Å²) in [5.74, 6) is 3.26. The zero-order valence-electron chi connectivity index (χ0n) is 19.5. The first-order valence-corrected chi connectivity index (χ1v) is 14.3. The molecule has 0 spiro atoms. The SMILES string of the molecule is C[Se]c1c(-c2c3ccc(-n4c5ccccc5c5ccccc54)cc3cc[n+]2C)oc2ccccc12. The van der Waals surface area contributed by atoms with Crippen LogP contribution in [-0.2, 0) is 7.05 Å². The van der Waals surface area contributed by atoms with Crippen LogP contribution in [0.15, 0.2) is 108 Å². The standard InChI is InChI=1S/C31H23N2OSe/c1-32-18-17-20-19-21(33-26-12-6-3-9-23(26)24-10-4-7-13-27(24)33)15-16-22(20)29(32)30-31(35-2)25-11-5-8-14-28(25)34-30/h3-19H,1-2H3/q+1. The van der Waals surface area contributed by atoms with Gasteiger partial charge in [0, 0.05) is 0 Å². The number of para-hydroxylation sites is 3. The third-order valence-electron chi connectivity index (χ3n) is 6.93. The van der Waals surface area contributed by atoms with Gasteiger partial charge in [0.25, 0.3) is 0 Å². The van der Waals surface area contributed by atoms with Gasteiger partial charge in [0.1, 0.15) is 0 Å². The Morgan fingerprint density at radius 2 is 1.37 bits per heavy atom. The number of pyridine rings is 1. The molecule has 4 heteroatoms. The predicted octanol–water partition coefficient (Wildman–Crippen LogP) is 6.55. The van der Waals surface area contributed by atoms with E-state index in [2.05, 4.69) is 119 Å². The van der Waals surface area contributed by atoms with Crippen molar-refractivity contribution in [2.45, 2.75) is 5.82 Å². The van der Waals surface area contributed by atoms with Gasteiger partial charge in [-0.25, -0.2) is 0 Å². The van der Waals surface area contributed by atoms with E-state index >= 15 is 0 Å². The number of benzene rings is 4. The van der Waals surface area contributed by atoms with Crippen molar-refractivity contribution in [3.05, 3.63) is 103 Å². The number of rotatable bonds is 3. The maximum absolute atomic E-state index is 6.47.